The lowest BCUT2D eigenvalue weighted by Crippen LogP contribution is -2.37. The number of hydrogen-bond acceptors (Lipinski definition) is 5. The largest absolute Gasteiger partial charge is 0.337 e. The fraction of sp³-hybridized carbons (Fsp3) is 0.318. The summed E-state index contributed by atoms with van der Waals surface area (Å²) in [5.41, 5.74) is 3.55. The van der Waals surface area contributed by atoms with Crippen LogP contribution in [0, 0.1) is 5.82 Å². The first-order valence-corrected chi connectivity index (χ1v) is 9.53. The van der Waals surface area contributed by atoms with Gasteiger partial charge in [0.2, 0.25) is 17.6 Å². The molecule has 0 fully saturated rings. The number of carbonyl (C=O) groups excluding carboxylic acids is 1. The zero-order valence-corrected chi connectivity index (χ0v) is 16.7. The van der Waals surface area contributed by atoms with Gasteiger partial charge in [0.15, 0.2) is 0 Å². The summed E-state index contributed by atoms with van der Waals surface area (Å²) >= 11 is 0. The van der Waals surface area contributed by atoms with Crippen LogP contribution >= 0.6 is 0 Å². The van der Waals surface area contributed by atoms with Crippen molar-refractivity contribution in [2.45, 2.75) is 32.5 Å². The molecule has 1 aliphatic rings. The quantitative estimate of drug-likeness (QED) is 0.677. The van der Waals surface area contributed by atoms with Gasteiger partial charge in [-0.2, -0.15) is 4.98 Å². The molecule has 29 heavy (non-hydrogen) atoms. The average molecular weight is 394 g/mol. The lowest BCUT2D eigenvalue weighted by Gasteiger charge is -2.34. The van der Waals surface area contributed by atoms with Gasteiger partial charge in [-0.15, -0.1) is 0 Å². The molecule has 2 aromatic carbocycles. The summed E-state index contributed by atoms with van der Waals surface area (Å²) < 4.78 is 19.6. The highest BCUT2D eigenvalue weighted by atomic mass is 19.1. The number of nitrogens with zero attached hydrogens (tertiary/aromatic N) is 4. The number of hydrogen-bond donors (Lipinski definition) is 0. The molecule has 6 nitrogen and oxygen atoms in total. The third kappa shape index (κ3) is 3.91. The molecule has 1 aliphatic heterocycles. The molecule has 150 valence electrons. The molecule has 2 heterocycles. The number of benzene rings is 2. The minimum Gasteiger partial charge on any atom is -0.337 e. The smallest absolute Gasteiger partial charge is 0.250 e. The first-order valence-electron chi connectivity index (χ1n) is 9.53. The number of rotatable bonds is 4. The number of carbonyl (C=O) groups is 1. The summed E-state index contributed by atoms with van der Waals surface area (Å²) in [7, 11) is 3.77. The number of amides is 1. The molecule has 0 aliphatic carbocycles. The molecular formula is C22H23FN4O2. The maximum absolute atomic E-state index is 14.1. The van der Waals surface area contributed by atoms with Crippen molar-refractivity contribution in [1.82, 2.24) is 19.9 Å². The van der Waals surface area contributed by atoms with Gasteiger partial charge in [-0.3, -0.25) is 4.79 Å². The van der Waals surface area contributed by atoms with Crippen molar-refractivity contribution in [2.24, 2.45) is 0 Å². The van der Waals surface area contributed by atoms with E-state index < -0.39 is 0 Å². The lowest BCUT2D eigenvalue weighted by atomic mass is 9.94. The second kappa shape index (κ2) is 7.75. The van der Waals surface area contributed by atoms with Crippen LogP contribution in [0.5, 0.6) is 0 Å². The first kappa shape index (κ1) is 19.3. The number of aromatic nitrogens is 2. The van der Waals surface area contributed by atoms with Crippen LogP contribution in [0.3, 0.4) is 0 Å². The Bertz CT molecular complexity index is 1050. The SMILES string of the molecule is CC(=O)N1Cc2ccccc2CC1c1nc(-c2ccc(F)c(CN(C)C)c2)no1. The van der Waals surface area contributed by atoms with Gasteiger partial charge in [-0.25, -0.2) is 4.39 Å². The number of fused-ring (bicyclic) bond motifs is 1. The van der Waals surface area contributed by atoms with Gasteiger partial charge >= 0.3 is 0 Å². The van der Waals surface area contributed by atoms with Crippen LogP contribution in [0.25, 0.3) is 11.4 Å². The highest BCUT2D eigenvalue weighted by molar-refractivity contribution is 5.74. The van der Waals surface area contributed by atoms with Crippen LogP contribution < -0.4 is 0 Å². The second-order valence-corrected chi connectivity index (χ2v) is 7.64. The Morgan fingerprint density at radius 1 is 1.24 bits per heavy atom. The van der Waals surface area contributed by atoms with E-state index in [0.717, 1.165) is 5.56 Å². The molecule has 1 atom stereocenters. The predicted octanol–water partition coefficient (Wildman–Crippen LogP) is 3.58. The Morgan fingerprint density at radius 2 is 2.00 bits per heavy atom. The maximum atomic E-state index is 14.1. The van der Waals surface area contributed by atoms with Gasteiger partial charge in [0.25, 0.3) is 0 Å². The zero-order chi connectivity index (χ0) is 20.5. The highest BCUT2D eigenvalue weighted by Gasteiger charge is 2.33. The summed E-state index contributed by atoms with van der Waals surface area (Å²) in [6, 6.07) is 12.5. The van der Waals surface area contributed by atoms with Gasteiger partial charge in [0.1, 0.15) is 11.9 Å². The number of halogens is 1. The topological polar surface area (TPSA) is 62.5 Å². The fourth-order valence-corrected chi connectivity index (χ4v) is 3.74. The second-order valence-electron chi connectivity index (χ2n) is 7.64. The third-order valence-corrected chi connectivity index (χ3v) is 5.17. The van der Waals surface area contributed by atoms with Crippen LogP contribution in [0.4, 0.5) is 4.39 Å². The molecule has 4 rings (SSSR count). The van der Waals surface area contributed by atoms with Gasteiger partial charge in [0, 0.05) is 37.6 Å². The summed E-state index contributed by atoms with van der Waals surface area (Å²) in [4.78, 5) is 20.4. The highest BCUT2D eigenvalue weighted by Crippen LogP contribution is 2.33. The van der Waals surface area contributed by atoms with E-state index in [1.54, 1.807) is 24.0 Å². The van der Waals surface area contributed by atoms with E-state index >= 15 is 0 Å². The zero-order valence-electron chi connectivity index (χ0n) is 16.7. The van der Waals surface area contributed by atoms with Crippen LogP contribution in [0.1, 0.15) is 35.5 Å². The van der Waals surface area contributed by atoms with Gasteiger partial charge in [-0.1, -0.05) is 29.4 Å². The maximum Gasteiger partial charge on any atom is 0.250 e. The van der Waals surface area contributed by atoms with E-state index in [0.29, 0.717) is 42.4 Å². The Hall–Kier alpha value is -3.06. The minimum atomic E-state index is -0.314. The Labute approximate surface area is 168 Å². The van der Waals surface area contributed by atoms with E-state index in [9.17, 15) is 9.18 Å². The van der Waals surface area contributed by atoms with Crippen molar-refractivity contribution in [3.63, 3.8) is 0 Å². The van der Waals surface area contributed by atoms with Crippen LogP contribution in [0.2, 0.25) is 0 Å². The van der Waals surface area contributed by atoms with Gasteiger partial charge < -0.3 is 14.3 Å². The minimum absolute atomic E-state index is 0.0423. The lowest BCUT2D eigenvalue weighted by molar-refractivity contribution is -0.133. The van der Waals surface area contributed by atoms with E-state index in [4.69, 9.17) is 4.52 Å². The molecule has 7 heteroatoms. The molecule has 3 aromatic rings. The molecule has 1 amide bonds. The van der Waals surface area contributed by atoms with E-state index in [2.05, 4.69) is 16.2 Å². The Kier molecular flexibility index (Phi) is 5.15. The summed E-state index contributed by atoms with van der Waals surface area (Å²) in [6.07, 6.45) is 0.618. The van der Waals surface area contributed by atoms with Crippen LogP contribution in [0.15, 0.2) is 47.0 Å². The molecule has 0 bridgehead atoms. The summed E-state index contributed by atoms with van der Waals surface area (Å²) in [5, 5.41) is 4.10. The van der Waals surface area contributed by atoms with E-state index in [1.807, 2.05) is 37.2 Å². The van der Waals surface area contributed by atoms with Gasteiger partial charge in [-0.05, 0) is 43.4 Å². The van der Waals surface area contributed by atoms with Crippen molar-refractivity contribution in [3.05, 3.63) is 70.9 Å². The standard InChI is InChI=1S/C22H23FN4O2/c1-14(28)27-13-17-7-5-4-6-15(17)11-20(27)22-24-21(25-29-22)16-8-9-19(23)18(10-16)12-26(2)3/h4-10,20H,11-13H2,1-3H3. The van der Waals surface area contributed by atoms with Crippen molar-refractivity contribution in [1.29, 1.82) is 0 Å². The van der Waals surface area contributed by atoms with E-state index in [-0.39, 0.29) is 17.8 Å². The van der Waals surface area contributed by atoms with Crippen molar-refractivity contribution >= 4 is 5.91 Å². The predicted molar refractivity (Wildman–Crippen MR) is 106 cm³/mol. The molecule has 1 unspecified atom stereocenters. The molecule has 0 saturated heterocycles. The van der Waals surface area contributed by atoms with Crippen LogP contribution in [-0.4, -0.2) is 39.9 Å². The Balaban J connectivity index is 1.66. The van der Waals surface area contributed by atoms with Crippen molar-refractivity contribution in [2.75, 3.05) is 14.1 Å². The normalized spacial score (nSPS) is 16.2. The van der Waals surface area contributed by atoms with Crippen molar-refractivity contribution in [3.8, 4) is 11.4 Å². The summed E-state index contributed by atoms with van der Waals surface area (Å²) in [5.74, 6) is 0.475. The molecule has 0 saturated carbocycles. The van der Waals surface area contributed by atoms with Gasteiger partial charge in [0.05, 0.1) is 0 Å². The molecule has 1 aromatic heterocycles. The first-order chi connectivity index (χ1) is 13.9. The van der Waals surface area contributed by atoms with Crippen LogP contribution in [-0.2, 0) is 24.3 Å². The third-order valence-electron chi connectivity index (χ3n) is 5.17. The van der Waals surface area contributed by atoms with Crippen molar-refractivity contribution < 1.29 is 13.7 Å². The van der Waals surface area contributed by atoms with E-state index in [1.165, 1.54) is 11.6 Å². The average Bonchev–Trinajstić information content (AvgIpc) is 3.18. The molecule has 0 spiro atoms. The molecule has 0 N–H and O–H groups in total. The summed E-state index contributed by atoms with van der Waals surface area (Å²) in [6.45, 7) is 2.53. The fourth-order valence-electron chi connectivity index (χ4n) is 3.74. The molecule has 0 radical (unpaired) electrons. The monoisotopic (exact) mass is 394 g/mol. The molecular weight excluding hydrogens is 371 g/mol. The Morgan fingerprint density at radius 3 is 2.72 bits per heavy atom.